The zero-order chi connectivity index (χ0) is 24.8. The number of anilines is 1. The molecule has 1 aliphatic heterocycles. The highest BCUT2D eigenvalue weighted by molar-refractivity contribution is 6.11. The molecule has 2 aromatic carbocycles. The summed E-state index contributed by atoms with van der Waals surface area (Å²) in [5.41, 5.74) is 6.19. The molecule has 0 saturated carbocycles. The largest absolute Gasteiger partial charge is 0.399 e. The van der Waals surface area contributed by atoms with Crippen molar-refractivity contribution in [3.63, 3.8) is 0 Å². The van der Waals surface area contributed by atoms with Crippen LogP contribution in [0.5, 0.6) is 0 Å². The Bertz CT molecular complexity index is 1390. The number of nitriles is 3. The fraction of sp³-hybridized carbons (Fsp3) is 0.310. The number of hydrogen-bond acceptors (Lipinski definition) is 5. The summed E-state index contributed by atoms with van der Waals surface area (Å²) in [5, 5.41) is 31.1. The Kier molecular flexibility index (Phi) is 5.23. The number of carbonyl (C=O) groups is 1. The minimum atomic E-state index is -1.99. The van der Waals surface area contributed by atoms with E-state index in [2.05, 4.69) is 25.1 Å². The molecule has 2 N–H and O–H groups in total. The number of rotatable bonds is 3. The van der Waals surface area contributed by atoms with Crippen LogP contribution in [0.1, 0.15) is 30.9 Å². The van der Waals surface area contributed by atoms with Crippen LogP contribution in [0.15, 0.2) is 77.5 Å². The van der Waals surface area contributed by atoms with Gasteiger partial charge in [-0.25, -0.2) is 0 Å². The first kappa shape index (κ1) is 22.5. The molecule has 1 spiro atoms. The van der Waals surface area contributed by atoms with Gasteiger partial charge < -0.3 is 10.6 Å². The van der Waals surface area contributed by atoms with E-state index in [1.54, 1.807) is 4.90 Å². The van der Waals surface area contributed by atoms with Gasteiger partial charge in [0.05, 0.1) is 23.4 Å². The second kappa shape index (κ2) is 8.15. The number of para-hydroxylation sites is 1. The third-order valence-corrected chi connectivity index (χ3v) is 7.95. The first-order valence-corrected chi connectivity index (χ1v) is 11.8. The Morgan fingerprint density at radius 3 is 2.43 bits per heavy atom. The Morgan fingerprint density at radius 2 is 1.74 bits per heavy atom. The predicted octanol–water partition coefficient (Wildman–Crippen LogP) is 4.27. The third kappa shape index (κ3) is 2.82. The van der Waals surface area contributed by atoms with E-state index in [1.807, 2.05) is 60.7 Å². The normalized spacial score (nSPS) is 26.3. The Hall–Kier alpha value is -4.34. The van der Waals surface area contributed by atoms with Crippen molar-refractivity contribution in [1.29, 1.82) is 15.8 Å². The van der Waals surface area contributed by atoms with Crippen LogP contribution in [0.4, 0.5) is 5.69 Å². The number of amides is 1. The lowest BCUT2D eigenvalue weighted by Gasteiger charge is -2.50. The Balaban J connectivity index is 1.77. The molecule has 0 unspecified atom stereocenters. The fourth-order valence-electron chi connectivity index (χ4n) is 6.33. The molecule has 2 aromatic rings. The average molecular weight is 460 g/mol. The molecule has 0 aromatic heterocycles. The van der Waals surface area contributed by atoms with Crippen molar-refractivity contribution >= 4 is 11.6 Å². The number of carbonyl (C=O) groups excluding carboxylic acids is 1. The molecule has 172 valence electrons. The van der Waals surface area contributed by atoms with Gasteiger partial charge in [-0.2, -0.15) is 15.8 Å². The van der Waals surface area contributed by atoms with Crippen molar-refractivity contribution in [3.8, 4) is 18.2 Å². The minimum Gasteiger partial charge on any atom is -0.399 e. The average Bonchev–Trinajstić information content (AvgIpc) is 3.14. The van der Waals surface area contributed by atoms with Crippen LogP contribution in [0.3, 0.4) is 0 Å². The van der Waals surface area contributed by atoms with Crippen LogP contribution in [-0.4, -0.2) is 12.5 Å². The highest BCUT2D eigenvalue weighted by Crippen LogP contribution is 2.64. The summed E-state index contributed by atoms with van der Waals surface area (Å²) in [6.07, 6.45) is 3.94. The molecule has 0 bridgehead atoms. The van der Waals surface area contributed by atoms with Crippen LogP contribution in [0, 0.1) is 51.2 Å². The predicted molar refractivity (Wildman–Crippen MR) is 131 cm³/mol. The van der Waals surface area contributed by atoms with Crippen molar-refractivity contribution in [3.05, 3.63) is 88.6 Å². The molecule has 6 nitrogen and oxygen atoms in total. The second-order valence-corrected chi connectivity index (χ2v) is 9.68. The summed E-state index contributed by atoms with van der Waals surface area (Å²) >= 11 is 0. The molecule has 0 radical (unpaired) electrons. The molecule has 6 heteroatoms. The van der Waals surface area contributed by atoms with Gasteiger partial charge in [0.15, 0.2) is 0 Å². The lowest BCUT2D eigenvalue weighted by atomic mass is 9.47. The number of nitrogens with two attached hydrogens (primary N) is 1. The highest BCUT2D eigenvalue weighted by Gasteiger charge is 2.72. The zero-order valence-corrected chi connectivity index (χ0v) is 19.5. The zero-order valence-electron chi connectivity index (χ0n) is 19.5. The smallest absolute Gasteiger partial charge is 0.241 e. The minimum absolute atomic E-state index is 0.116. The van der Waals surface area contributed by atoms with E-state index in [0.29, 0.717) is 36.2 Å². The van der Waals surface area contributed by atoms with E-state index >= 15 is 0 Å². The van der Waals surface area contributed by atoms with Crippen molar-refractivity contribution in [2.45, 2.75) is 31.6 Å². The topological polar surface area (TPSA) is 118 Å². The highest BCUT2D eigenvalue weighted by atomic mass is 16.2. The molecular weight excluding hydrogens is 434 g/mol. The maximum Gasteiger partial charge on any atom is 0.241 e. The maximum absolute atomic E-state index is 14.6. The summed E-state index contributed by atoms with van der Waals surface area (Å²) < 4.78 is 0. The molecular formula is C29H25N5O. The van der Waals surface area contributed by atoms with Crippen molar-refractivity contribution < 1.29 is 4.79 Å². The van der Waals surface area contributed by atoms with Gasteiger partial charge in [-0.3, -0.25) is 4.79 Å². The molecule has 1 heterocycles. The Morgan fingerprint density at radius 1 is 1.06 bits per heavy atom. The molecule has 35 heavy (non-hydrogen) atoms. The summed E-state index contributed by atoms with van der Waals surface area (Å²) in [4.78, 5) is 16.3. The van der Waals surface area contributed by atoms with E-state index in [9.17, 15) is 20.6 Å². The Labute approximate surface area is 205 Å². The SMILES string of the molecule is C[C@@H]1CC=C2C(C#N)=C(N)C(C#N)(C#N)[C@@]3(C(=O)N(CCc4ccccc4)c4ccccc43)[C@@H]2C1. The van der Waals surface area contributed by atoms with E-state index < -0.39 is 16.7 Å². The van der Waals surface area contributed by atoms with Crippen molar-refractivity contribution in [1.82, 2.24) is 0 Å². The van der Waals surface area contributed by atoms with E-state index in [-0.39, 0.29) is 23.1 Å². The number of benzene rings is 2. The van der Waals surface area contributed by atoms with Gasteiger partial charge in [-0.1, -0.05) is 61.5 Å². The standard InChI is InChI=1S/C29H25N5O/c1-19-11-12-21-22(16-30)26(33)28(17-31,18-32)29(24(21)15-19)23-9-5-6-10-25(23)34(27(29)35)14-13-20-7-3-2-4-8-20/h2-10,12,19,24H,11,13-15,33H2,1H3/t19-,24-,29-/m1/s1. The molecule has 3 atom stereocenters. The monoisotopic (exact) mass is 459 g/mol. The van der Waals surface area contributed by atoms with Crippen molar-refractivity contribution in [2.24, 2.45) is 23.0 Å². The van der Waals surface area contributed by atoms with Crippen LogP contribution < -0.4 is 10.6 Å². The van der Waals surface area contributed by atoms with Gasteiger partial charge >= 0.3 is 0 Å². The number of fused-ring (bicyclic) bond motifs is 4. The van der Waals surface area contributed by atoms with Gasteiger partial charge in [0, 0.05) is 18.2 Å². The first-order valence-electron chi connectivity index (χ1n) is 11.8. The van der Waals surface area contributed by atoms with E-state index in [0.717, 1.165) is 12.0 Å². The maximum atomic E-state index is 14.6. The number of nitrogens with zero attached hydrogens (tertiary/aromatic N) is 4. The summed E-state index contributed by atoms with van der Waals surface area (Å²) in [7, 11) is 0. The second-order valence-electron chi connectivity index (χ2n) is 9.68. The number of allylic oxidation sites excluding steroid dienone is 4. The fourth-order valence-corrected chi connectivity index (χ4v) is 6.33. The van der Waals surface area contributed by atoms with E-state index in [4.69, 9.17) is 5.73 Å². The summed E-state index contributed by atoms with van der Waals surface area (Å²) in [5.74, 6) is -0.557. The summed E-state index contributed by atoms with van der Waals surface area (Å²) in [6.45, 7) is 2.50. The van der Waals surface area contributed by atoms with Crippen LogP contribution >= 0.6 is 0 Å². The van der Waals surface area contributed by atoms with Crippen LogP contribution in [0.2, 0.25) is 0 Å². The third-order valence-electron chi connectivity index (χ3n) is 7.95. The molecule has 1 amide bonds. The van der Waals surface area contributed by atoms with Gasteiger partial charge in [-0.05, 0) is 47.9 Å². The molecule has 3 aliphatic rings. The summed E-state index contributed by atoms with van der Waals surface area (Å²) in [6, 6.07) is 23.8. The molecule has 2 aliphatic carbocycles. The van der Waals surface area contributed by atoms with Gasteiger partial charge in [0.1, 0.15) is 11.5 Å². The quantitative estimate of drug-likeness (QED) is 0.735. The van der Waals surface area contributed by atoms with Crippen LogP contribution in [-0.2, 0) is 16.6 Å². The van der Waals surface area contributed by atoms with Crippen LogP contribution in [0.25, 0.3) is 0 Å². The van der Waals surface area contributed by atoms with E-state index in [1.165, 1.54) is 0 Å². The first-order chi connectivity index (χ1) is 17.0. The lowest BCUT2D eigenvalue weighted by Crippen LogP contribution is -2.61. The van der Waals surface area contributed by atoms with Gasteiger partial charge in [0.25, 0.3) is 0 Å². The molecule has 5 rings (SSSR count). The number of hydrogen-bond donors (Lipinski definition) is 1. The molecule has 0 saturated heterocycles. The molecule has 0 fully saturated rings. The lowest BCUT2D eigenvalue weighted by molar-refractivity contribution is -0.127. The van der Waals surface area contributed by atoms with Crippen molar-refractivity contribution in [2.75, 3.05) is 11.4 Å². The van der Waals surface area contributed by atoms with Gasteiger partial charge in [-0.15, -0.1) is 0 Å². The van der Waals surface area contributed by atoms with Gasteiger partial charge in [0.2, 0.25) is 11.3 Å².